The molecule has 0 saturated carbocycles. The number of hydrogen-bond donors (Lipinski definition) is 2. The summed E-state index contributed by atoms with van der Waals surface area (Å²) in [6.07, 6.45) is 1.24. The van der Waals surface area contributed by atoms with E-state index in [4.69, 9.17) is 16.3 Å². The lowest BCUT2D eigenvalue weighted by Crippen LogP contribution is -2.63. The molecule has 2 heterocycles. The smallest absolute Gasteiger partial charge is 0.256 e. The van der Waals surface area contributed by atoms with Crippen molar-refractivity contribution in [2.75, 3.05) is 25.0 Å². The highest BCUT2D eigenvalue weighted by Crippen LogP contribution is 2.34. The zero-order valence-corrected chi connectivity index (χ0v) is 16.2. The second-order valence-corrected chi connectivity index (χ2v) is 7.59. The normalized spacial score (nSPS) is 17.6. The van der Waals surface area contributed by atoms with Gasteiger partial charge < -0.3 is 20.3 Å². The number of benzene rings is 2. The number of nitrogens with one attached hydrogen (secondary N) is 2. The van der Waals surface area contributed by atoms with Crippen molar-refractivity contribution in [3.05, 3.63) is 64.7 Å². The molecule has 7 heteroatoms. The molecule has 28 heavy (non-hydrogen) atoms. The fraction of sp³-hybridized carbons (Fsp3) is 0.333. The Bertz CT molecular complexity index is 880. The maximum atomic E-state index is 12.5. The van der Waals surface area contributed by atoms with Crippen molar-refractivity contribution in [2.24, 2.45) is 0 Å². The number of likely N-dealkylation sites (tertiary alicyclic amines) is 1. The van der Waals surface area contributed by atoms with E-state index < -0.39 is 5.66 Å². The Morgan fingerprint density at radius 3 is 2.57 bits per heavy atom. The maximum Gasteiger partial charge on any atom is 0.256 e. The maximum absolute atomic E-state index is 12.5. The molecule has 146 valence electrons. The van der Waals surface area contributed by atoms with Crippen molar-refractivity contribution in [3.8, 4) is 0 Å². The van der Waals surface area contributed by atoms with Crippen LogP contribution in [0.1, 0.15) is 28.8 Å². The number of piperidine rings is 1. The Morgan fingerprint density at radius 1 is 1.07 bits per heavy atom. The lowest BCUT2D eigenvalue weighted by atomic mass is 9.92. The minimum Gasteiger partial charge on any atom is -0.367 e. The highest BCUT2D eigenvalue weighted by molar-refractivity contribution is 6.34. The Balaban J connectivity index is 1.32. The van der Waals surface area contributed by atoms with Gasteiger partial charge in [-0.3, -0.25) is 9.59 Å². The first-order chi connectivity index (χ1) is 13.6. The van der Waals surface area contributed by atoms with Gasteiger partial charge in [0.15, 0.2) is 0 Å². The highest BCUT2D eigenvalue weighted by Gasteiger charge is 2.41. The molecule has 6 nitrogen and oxygen atoms in total. The molecule has 2 N–H and O–H groups in total. The fourth-order valence-corrected chi connectivity index (χ4v) is 4.00. The van der Waals surface area contributed by atoms with E-state index in [9.17, 15) is 9.59 Å². The first-order valence-electron chi connectivity index (χ1n) is 9.35. The van der Waals surface area contributed by atoms with Crippen molar-refractivity contribution in [3.63, 3.8) is 0 Å². The van der Waals surface area contributed by atoms with Crippen LogP contribution in [0.25, 0.3) is 0 Å². The van der Waals surface area contributed by atoms with Crippen LogP contribution >= 0.6 is 11.6 Å². The van der Waals surface area contributed by atoms with Crippen molar-refractivity contribution in [1.82, 2.24) is 10.2 Å². The van der Waals surface area contributed by atoms with Gasteiger partial charge in [0.25, 0.3) is 5.91 Å². The Labute approximate surface area is 168 Å². The molecule has 1 fully saturated rings. The fourth-order valence-electron chi connectivity index (χ4n) is 3.74. The Hall–Kier alpha value is -2.57. The summed E-state index contributed by atoms with van der Waals surface area (Å²) in [5.74, 6) is -0.207. The number of fused-ring (bicyclic) bond motifs is 1. The molecule has 2 aromatic rings. The van der Waals surface area contributed by atoms with Gasteiger partial charge in [0, 0.05) is 25.9 Å². The SMILES string of the molecule is O=C1NC2(CCN(C(=O)COCc3ccccc3)CC2)Nc2cccc(Cl)c21. The second kappa shape index (κ2) is 7.81. The highest BCUT2D eigenvalue weighted by atomic mass is 35.5. The molecule has 0 bridgehead atoms. The first-order valence-corrected chi connectivity index (χ1v) is 9.73. The average molecular weight is 400 g/mol. The summed E-state index contributed by atoms with van der Waals surface area (Å²) in [5, 5.41) is 6.90. The van der Waals surface area contributed by atoms with Crippen molar-refractivity contribution in [2.45, 2.75) is 25.1 Å². The van der Waals surface area contributed by atoms with Crippen LogP contribution in [0.3, 0.4) is 0 Å². The van der Waals surface area contributed by atoms with Crippen LogP contribution in [0.2, 0.25) is 5.02 Å². The molecule has 0 aliphatic carbocycles. The number of amides is 2. The number of ether oxygens (including phenoxy) is 1. The molecule has 1 spiro atoms. The summed E-state index contributed by atoms with van der Waals surface area (Å²) in [4.78, 5) is 26.8. The molecule has 2 aromatic carbocycles. The predicted octanol–water partition coefficient (Wildman–Crippen LogP) is 3.03. The molecule has 1 saturated heterocycles. The van der Waals surface area contributed by atoms with Crippen LogP contribution in [0.4, 0.5) is 5.69 Å². The Morgan fingerprint density at radius 2 is 1.82 bits per heavy atom. The first kappa shape index (κ1) is 18.8. The third-order valence-corrected chi connectivity index (χ3v) is 5.59. The van der Waals surface area contributed by atoms with Crippen LogP contribution in [0, 0.1) is 0 Å². The van der Waals surface area contributed by atoms with Gasteiger partial charge in [0.1, 0.15) is 12.3 Å². The lowest BCUT2D eigenvalue weighted by Gasteiger charge is -2.46. The molecule has 0 aromatic heterocycles. The van der Waals surface area contributed by atoms with E-state index in [-0.39, 0.29) is 18.4 Å². The summed E-state index contributed by atoms with van der Waals surface area (Å²) < 4.78 is 5.56. The van der Waals surface area contributed by atoms with Gasteiger partial charge >= 0.3 is 0 Å². The number of anilines is 1. The molecular formula is C21H22ClN3O3. The second-order valence-electron chi connectivity index (χ2n) is 7.18. The van der Waals surface area contributed by atoms with E-state index in [1.165, 1.54) is 0 Å². The van der Waals surface area contributed by atoms with E-state index in [0.29, 0.717) is 43.1 Å². The lowest BCUT2D eigenvalue weighted by molar-refractivity contribution is -0.138. The molecule has 4 rings (SSSR count). The number of carbonyl (C=O) groups is 2. The van der Waals surface area contributed by atoms with Gasteiger partial charge in [0.05, 0.1) is 22.9 Å². The van der Waals surface area contributed by atoms with Gasteiger partial charge in [-0.1, -0.05) is 48.0 Å². The zero-order chi connectivity index (χ0) is 19.6. The van der Waals surface area contributed by atoms with Crippen LogP contribution in [0.15, 0.2) is 48.5 Å². The molecular weight excluding hydrogens is 378 g/mol. The number of carbonyl (C=O) groups excluding carboxylic acids is 2. The van der Waals surface area contributed by atoms with E-state index in [0.717, 1.165) is 11.3 Å². The van der Waals surface area contributed by atoms with Crippen LogP contribution in [-0.4, -0.2) is 42.1 Å². The van der Waals surface area contributed by atoms with E-state index in [1.807, 2.05) is 42.5 Å². The number of halogens is 1. The summed E-state index contributed by atoms with van der Waals surface area (Å²) in [7, 11) is 0. The number of nitrogens with zero attached hydrogens (tertiary/aromatic N) is 1. The zero-order valence-electron chi connectivity index (χ0n) is 15.4. The molecule has 2 aliphatic rings. The molecule has 0 unspecified atom stereocenters. The van der Waals surface area contributed by atoms with Crippen LogP contribution in [0.5, 0.6) is 0 Å². The van der Waals surface area contributed by atoms with Crippen molar-refractivity contribution in [1.29, 1.82) is 0 Å². The van der Waals surface area contributed by atoms with E-state index in [1.54, 1.807) is 11.0 Å². The minimum absolute atomic E-state index is 0.0311. The molecule has 2 aliphatic heterocycles. The molecule has 0 atom stereocenters. The van der Waals surface area contributed by atoms with Gasteiger partial charge in [-0.05, 0) is 17.7 Å². The number of hydrogen-bond acceptors (Lipinski definition) is 4. The predicted molar refractivity (Wildman–Crippen MR) is 107 cm³/mol. The van der Waals surface area contributed by atoms with E-state index in [2.05, 4.69) is 10.6 Å². The molecule has 2 amide bonds. The number of rotatable bonds is 4. The summed E-state index contributed by atoms with van der Waals surface area (Å²) in [6.45, 7) is 1.58. The third kappa shape index (κ3) is 3.84. The quantitative estimate of drug-likeness (QED) is 0.829. The van der Waals surface area contributed by atoms with Crippen molar-refractivity contribution < 1.29 is 14.3 Å². The van der Waals surface area contributed by atoms with Crippen LogP contribution in [-0.2, 0) is 16.1 Å². The third-order valence-electron chi connectivity index (χ3n) is 5.27. The van der Waals surface area contributed by atoms with Gasteiger partial charge in [-0.15, -0.1) is 0 Å². The largest absolute Gasteiger partial charge is 0.367 e. The van der Waals surface area contributed by atoms with E-state index >= 15 is 0 Å². The standard InChI is InChI=1S/C21H22ClN3O3/c22-16-7-4-8-17-19(16)20(27)24-21(23-17)9-11-25(12-10-21)18(26)14-28-13-15-5-2-1-3-6-15/h1-8,23H,9-14H2,(H,24,27). The van der Waals surface area contributed by atoms with Gasteiger partial charge in [-0.2, -0.15) is 0 Å². The van der Waals surface area contributed by atoms with Gasteiger partial charge in [0.2, 0.25) is 5.91 Å². The van der Waals surface area contributed by atoms with Gasteiger partial charge in [-0.25, -0.2) is 0 Å². The Kier molecular flexibility index (Phi) is 5.24. The van der Waals surface area contributed by atoms with Crippen molar-refractivity contribution >= 4 is 29.1 Å². The monoisotopic (exact) mass is 399 g/mol. The minimum atomic E-state index is -0.545. The van der Waals surface area contributed by atoms with Crippen LogP contribution < -0.4 is 10.6 Å². The molecule has 0 radical (unpaired) electrons. The average Bonchev–Trinajstić information content (AvgIpc) is 2.69. The summed E-state index contributed by atoms with van der Waals surface area (Å²) in [5.41, 5.74) is 1.71. The topological polar surface area (TPSA) is 70.7 Å². The summed E-state index contributed by atoms with van der Waals surface area (Å²) >= 11 is 6.15. The summed E-state index contributed by atoms with van der Waals surface area (Å²) in [6, 6.07) is 15.2.